The summed E-state index contributed by atoms with van der Waals surface area (Å²) in [6.45, 7) is 4.38. The Hall–Kier alpha value is -2.17. The molecule has 4 rings (SSSR count). The zero-order valence-corrected chi connectivity index (χ0v) is 22.3. The first-order chi connectivity index (χ1) is 15.8. The molecule has 4 nitrogen and oxygen atoms in total. The minimum absolute atomic E-state index is 0.170. The summed E-state index contributed by atoms with van der Waals surface area (Å²) in [6.07, 6.45) is 1.84. The second kappa shape index (κ2) is 10.4. The first kappa shape index (κ1) is 24.0. The number of aryl methyl sites for hydroxylation is 2. The van der Waals surface area contributed by atoms with Crippen LogP contribution in [0, 0.1) is 23.2 Å². The minimum Gasteiger partial charge on any atom is -0.488 e. The molecule has 0 unspecified atom stereocenters. The summed E-state index contributed by atoms with van der Waals surface area (Å²) < 4.78 is 20.9. The van der Waals surface area contributed by atoms with Crippen LogP contribution in [0.2, 0.25) is 0 Å². The van der Waals surface area contributed by atoms with Gasteiger partial charge >= 0.3 is 0 Å². The fourth-order valence-corrected chi connectivity index (χ4v) is 4.97. The third kappa shape index (κ3) is 6.04. The maximum atomic E-state index is 13.0. The van der Waals surface area contributed by atoms with Gasteiger partial charge in [0.2, 0.25) is 0 Å². The van der Waals surface area contributed by atoms with Crippen molar-refractivity contribution < 1.29 is 13.9 Å². The lowest BCUT2D eigenvalue weighted by atomic mass is 10.1. The maximum Gasteiger partial charge on any atom is 0.264 e. The fraction of sp³-hybridized carbons (Fsp3) is 0.120. The van der Waals surface area contributed by atoms with E-state index in [1.165, 1.54) is 23.9 Å². The maximum absolute atomic E-state index is 13.0. The summed E-state index contributed by atoms with van der Waals surface area (Å²) in [4.78, 5) is 17.6. The molecule has 0 radical (unpaired) electrons. The van der Waals surface area contributed by atoms with Crippen molar-refractivity contribution >= 4 is 73.1 Å². The number of carbonyl (C=O) groups excluding carboxylic acids is 1. The molecule has 0 aromatic heterocycles. The SMILES string of the molecule is Cc1cc(N=C2NC(=O)/C(=C/c3ccc(OCc4ccc(F)cc4)c(I)c3)S2)cc(C)c1Br. The highest BCUT2D eigenvalue weighted by Crippen LogP contribution is 2.32. The molecule has 0 saturated carbocycles. The molecule has 33 heavy (non-hydrogen) atoms. The Labute approximate surface area is 218 Å². The fourth-order valence-electron chi connectivity index (χ4n) is 3.20. The number of hydrogen-bond acceptors (Lipinski definition) is 4. The van der Waals surface area contributed by atoms with Crippen LogP contribution in [0.1, 0.15) is 22.3 Å². The molecule has 1 amide bonds. The predicted octanol–water partition coefficient (Wildman–Crippen LogP) is 7.28. The van der Waals surface area contributed by atoms with E-state index in [1.807, 2.05) is 50.3 Å². The number of thioether (sulfide) groups is 1. The van der Waals surface area contributed by atoms with Gasteiger partial charge in [0, 0.05) is 4.47 Å². The number of halogens is 3. The van der Waals surface area contributed by atoms with E-state index in [-0.39, 0.29) is 11.7 Å². The Morgan fingerprint density at radius 1 is 1.12 bits per heavy atom. The molecule has 0 atom stereocenters. The zero-order chi connectivity index (χ0) is 23.5. The van der Waals surface area contributed by atoms with Crippen molar-refractivity contribution in [2.45, 2.75) is 20.5 Å². The van der Waals surface area contributed by atoms with Crippen molar-refractivity contribution in [1.82, 2.24) is 5.32 Å². The van der Waals surface area contributed by atoms with E-state index in [0.717, 1.165) is 41.7 Å². The smallest absolute Gasteiger partial charge is 0.264 e. The van der Waals surface area contributed by atoms with Gasteiger partial charge in [-0.2, -0.15) is 0 Å². The molecule has 3 aromatic carbocycles. The lowest BCUT2D eigenvalue weighted by Crippen LogP contribution is -2.19. The second-order valence-corrected chi connectivity index (χ2v) is 10.5. The molecular weight excluding hydrogens is 618 g/mol. The average molecular weight is 637 g/mol. The van der Waals surface area contributed by atoms with E-state index in [9.17, 15) is 9.18 Å². The highest BCUT2D eigenvalue weighted by Gasteiger charge is 2.24. The highest BCUT2D eigenvalue weighted by atomic mass is 127. The number of rotatable bonds is 5. The normalized spacial score (nSPS) is 15.8. The summed E-state index contributed by atoms with van der Waals surface area (Å²) in [6, 6.07) is 15.9. The van der Waals surface area contributed by atoms with Crippen LogP contribution in [0.3, 0.4) is 0 Å². The summed E-state index contributed by atoms with van der Waals surface area (Å²) in [5, 5.41) is 3.39. The number of benzene rings is 3. The van der Waals surface area contributed by atoms with Crippen LogP contribution in [-0.4, -0.2) is 11.1 Å². The topological polar surface area (TPSA) is 50.7 Å². The molecule has 8 heteroatoms. The van der Waals surface area contributed by atoms with E-state index < -0.39 is 0 Å². The molecule has 0 bridgehead atoms. The second-order valence-electron chi connectivity index (χ2n) is 7.48. The van der Waals surface area contributed by atoms with Gasteiger partial charge in [-0.3, -0.25) is 4.79 Å². The van der Waals surface area contributed by atoms with Crippen LogP contribution in [0.5, 0.6) is 5.75 Å². The Balaban J connectivity index is 1.46. The lowest BCUT2D eigenvalue weighted by molar-refractivity contribution is -0.115. The van der Waals surface area contributed by atoms with Crippen LogP contribution in [0.25, 0.3) is 6.08 Å². The van der Waals surface area contributed by atoms with Crippen LogP contribution in [0.15, 0.2) is 69.0 Å². The molecule has 3 aromatic rings. The lowest BCUT2D eigenvalue weighted by Gasteiger charge is -2.09. The molecule has 1 aliphatic heterocycles. The predicted molar refractivity (Wildman–Crippen MR) is 144 cm³/mol. The molecule has 168 valence electrons. The van der Waals surface area contributed by atoms with Crippen molar-refractivity contribution in [3.63, 3.8) is 0 Å². The largest absolute Gasteiger partial charge is 0.488 e. The first-order valence-corrected chi connectivity index (χ1v) is 12.7. The Morgan fingerprint density at radius 2 is 1.82 bits per heavy atom. The van der Waals surface area contributed by atoms with Gasteiger partial charge in [0.1, 0.15) is 18.2 Å². The molecule has 1 saturated heterocycles. The van der Waals surface area contributed by atoms with Crippen molar-refractivity contribution in [3.8, 4) is 5.75 Å². The number of aliphatic imine (C=N–C) groups is 1. The van der Waals surface area contributed by atoms with Crippen LogP contribution in [-0.2, 0) is 11.4 Å². The third-order valence-corrected chi connectivity index (χ3v) is 7.87. The number of nitrogens with zero attached hydrogens (tertiary/aromatic N) is 1. The quantitative estimate of drug-likeness (QED) is 0.237. The summed E-state index contributed by atoms with van der Waals surface area (Å²) in [5.41, 5.74) is 4.77. The molecule has 1 fully saturated rings. The van der Waals surface area contributed by atoms with Gasteiger partial charge in [-0.25, -0.2) is 9.38 Å². The van der Waals surface area contributed by atoms with Crippen molar-refractivity contribution in [1.29, 1.82) is 0 Å². The van der Waals surface area contributed by atoms with Crippen LogP contribution < -0.4 is 10.1 Å². The van der Waals surface area contributed by atoms with Crippen molar-refractivity contribution in [3.05, 3.63) is 95.6 Å². The molecule has 0 spiro atoms. The standard InChI is InChI=1S/C25H19BrFIN2O2S/c1-14-9-19(10-15(2)23(14)26)29-25-30-24(31)22(33-25)12-17-5-8-21(20(28)11-17)32-13-16-3-6-18(27)7-4-16/h3-12H,13H2,1-2H3,(H,29,30,31)/b22-12-. The van der Waals surface area contributed by atoms with Crippen molar-refractivity contribution in [2.24, 2.45) is 4.99 Å². The average Bonchev–Trinajstić information content (AvgIpc) is 3.11. The zero-order valence-electron chi connectivity index (χ0n) is 17.8. The monoisotopic (exact) mass is 636 g/mol. The summed E-state index contributed by atoms with van der Waals surface area (Å²) in [5.74, 6) is 0.291. The van der Waals surface area contributed by atoms with Gasteiger partial charge in [0.15, 0.2) is 5.17 Å². The number of amidine groups is 1. The van der Waals surface area contributed by atoms with Gasteiger partial charge in [-0.15, -0.1) is 0 Å². The number of hydrogen-bond donors (Lipinski definition) is 1. The number of ether oxygens (including phenoxy) is 1. The highest BCUT2D eigenvalue weighted by molar-refractivity contribution is 14.1. The van der Waals surface area contributed by atoms with Crippen molar-refractivity contribution in [2.75, 3.05) is 0 Å². The molecular formula is C25H19BrFIN2O2S. The first-order valence-electron chi connectivity index (χ1n) is 10.0. The molecule has 0 aliphatic carbocycles. The van der Waals surface area contributed by atoms with E-state index in [2.05, 4.69) is 48.8 Å². The number of nitrogens with one attached hydrogen (secondary N) is 1. The van der Waals surface area contributed by atoms with Gasteiger partial charge < -0.3 is 10.1 Å². The number of carbonyl (C=O) groups is 1. The molecule has 1 heterocycles. The van der Waals surface area contributed by atoms with Gasteiger partial charge in [0.05, 0.1) is 14.2 Å². The third-order valence-electron chi connectivity index (χ3n) is 4.86. The van der Waals surface area contributed by atoms with Gasteiger partial charge in [-0.1, -0.05) is 34.1 Å². The summed E-state index contributed by atoms with van der Waals surface area (Å²) >= 11 is 7.08. The minimum atomic E-state index is -0.269. The van der Waals surface area contributed by atoms with Crippen LogP contribution in [0.4, 0.5) is 10.1 Å². The number of amides is 1. The van der Waals surface area contributed by atoms with Gasteiger partial charge in [-0.05, 0) is 113 Å². The van der Waals surface area contributed by atoms with E-state index in [4.69, 9.17) is 4.74 Å². The van der Waals surface area contributed by atoms with E-state index >= 15 is 0 Å². The van der Waals surface area contributed by atoms with Crippen LogP contribution >= 0.6 is 50.3 Å². The van der Waals surface area contributed by atoms with E-state index in [0.29, 0.717) is 16.7 Å². The Morgan fingerprint density at radius 3 is 2.48 bits per heavy atom. The Kier molecular flexibility index (Phi) is 7.55. The van der Waals surface area contributed by atoms with E-state index in [1.54, 1.807) is 12.1 Å². The Bertz CT molecular complexity index is 1270. The van der Waals surface area contributed by atoms with Gasteiger partial charge in [0.25, 0.3) is 5.91 Å². The molecule has 1 aliphatic rings. The summed E-state index contributed by atoms with van der Waals surface area (Å²) in [7, 11) is 0. The molecule has 1 N–H and O–H groups in total.